The number of carbonyl (C=O) groups excluding carboxylic acids is 2. The first-order valence-electron chi connectivity index (χ1n) is 8.51. The van der Waals surface area contributed by atoms with Crippen LogP contribution >= 0.6 is 23.2 Å². The van der Waals surface area contributed by atoms with Crippen LogP contribution in [-0.4, -0.2) is 32.2 Å². The van der Waals surface area contributed by atoms with Crippen LogP contribution in [0, 0.1) is 0 Å². The van der Waals surface area contributed by atoms with Gasteiger partial charge in [-0.1, -0.05) is 35.3 Å². The first-order chi connectivity index (χ1) is 13.3. The number of benzene rings is 2. The largest absolute Gasteiger partial charge is 0.493 e. The van der Waals surface area contributed by atoms with Gasteiger partial charge < -0.3 is 19.5 Å². The van der Waals surface area contributed by atoms with Gasteiger partial charge in [0.05, 0.1) is 30.0 Å². The molecule has 0 bridgehead atoms. The second kappa shape index (κ2) is 10.2. The lowest BCUT2D eigenvalue weighted by Gasteiger charge is -2.15. The van der Waals surface area contributed by atoms with E-state index >= 15 is 0 Å². The SMILES string of the molecule is COc1ccc(CCC(=O)OC(C)C(=O)Nc2cccc(Cl)c2Cl)cc1OC. The van der Waals surface area contributed by atoms with Gasteiger partial charge in [-0.2, -0.15) is 0 Å². The maximum atomic E-state index is 12.2. The maximum Gasteiger partial charge on any atom is 0.306 e. The minimum atomic E-state index is -0.979. The summed E-state index contributed by atoms with van der Waals surface area (Å²) in [6, 6.07) is 10.3. The Labute approximate surface area is 173 Å². The third-order valence-electron chi connectivity index (χ3n) is 3.95. The number of amides is 1. The molecule has 0 saturated carbocycles. The molecule has 1 unspecified atom stereocenters. The van der Waals surface area contributed by atoms with Gasteiger partial charge >= 0.3 is 5.97 Å². The lowest BCUT2D eigenvalue weighted by atomic mass is 10.1. The molecule has 0 heterocycles. The number of halogens is 2. The van der Waals surface area contributed by atoms with Crippen LogP contribution in [0.5, 0.6) is 11.5 Å². The van der Waals surface area contributed by atoms with E-state index in [0.717, 1.165) is 5.56 Å². The number of rotatable bonds is 8. The average Bonchev–Trinajstić information content (AvgIpc) is 2.69. The minimum Gasteiger partial charge on any atom is -0.493 e. The van der Waals surface area contributed by atoms with Crippen molar-refractivity contribution in [3.05, 3.63) is 52.0 Å². The summed E-state index contributed by atoms with van der Waals surface area (Å²) < 4.78 is 15.6. The molecule has 1 atom stereocenters. The summed E-state index contributed by atoms with van der Waals surface area (Å²) in [6.07, 6.45) is -0.425. The third kappa shape index (κ3) is 5.78. The van der Waals surface area contributed by atoms with Crippen molar-refractivity contribution in [2.75, 3.05) is 19.5 Å². The fourth-order valence-corrected chi connectivity index (χ4v) is 2.77. The molecule has 2 rings (SSSR count). The number of anilines is 1. The molecule has 0 saturated heterocycles. The average molecular weight is 426 g/mol. The van der Waals surface area contributed by atoms with Crippen LogP contribution < -0.4 is 14.8 Å². The molecule has 0 aliphatic carbocycles. The summed E-state index contributed by atoms with van der Waals surface area (Å²) >= 11 is 12.0. The molecule has 1 N–H and O–H groups in total. The van der Waals surface area contributed by atoms with Crippen LogP contribution in [-0.2, 0) is 20.7 Å². The zero-order valence-electron chi connectivity index (χ0n) is 15.8. The van der Waals surface area contributed by atoms with Crippen molar-refractivity contribution >= 4 is 40.8 Å². The van der Waals surface area contributed by atoms with Crippen LogP contribution in [0.1, 0.15) is 18.9 Å². The Kier molecular flexibility index (Phi) is 7.96. The van der Waals surface area contributed by atoms with Crippen molar-refractivity contribution < 1.29 is 23.8 Å². The van der Waals surface area contributed by atoms with Gasteiger partial charge in [0.1, 0.15) is 0 Å². The standard InChI is InChI=1S/C20H21Cl2NO5/c1-12(20(25)23-15-6-4-5-14(21)19(15)22)28-18(24)10-8-13-7-9-16(26-2)17(11-13)27-3/h4-7,9,11-12H,8,10H2,1-3H3,(H,23,25). The molecule has 0 aliphatic rings. The maximum absolute atomic E-state index is 12.2. The van der Waals surface area contributed by atoms with Crippen LogP contribution in [0.3, 0.4) is 0 Å². The molecule has 0 aliphatic heterocycles. The highest BCUT2D eigenvalue weighted by atomic mass is 35.5. The van der Waals surface area contributed by atoms with Crippen LogP contribution in [0.15, 0.2) is 36.4 Å². The molecule has 0 fully saturated rings. The summed E-state index contributed by atoms with van der Waals surface area (Å²) in [5, 5.41) is 3.14. The topological polar surface area (TPSA) is 73.9 Å². The Morgan fingerprint density at radius 1 is 1.07 bits per heavy atom. The highest BCUT2D eigenvalue weighted by Gasteiger charge is 2.19. The van der Waals surface area contributed by atoms with E-state index in [0.29, 0.717) is 28.6 Å². The summed E-state index contributed by atoms with van der Waals surface area (Å²) in [5.41, 5.74) is 1.24. The predicted octanol–water partition coefficient (Wildman–Crippen LogP) is 4.51. The van der Waals surface area contributed by atoms with E-state index in [9.17, 15) is 9.59 Å². The number of aryl methyl sites for hydroxylation is 1. The summed E-state index contributed by atoms with van der Waals surface area (Å²) in [4.78, 5) is 24.3. The molecule has 0 spiro atoms. The summed E-state index contributed by atoms with van der Waals surface area (Å²) in [5.74, 6) is 0.205. The van der Waals surface area contributed by atoms with Crippen LogP contribution in [0.4, 0.5) is 5.69 Å². The van der Waals surface area contributed by atoms with Gasteiger partial charge in [0.2, 0.25) is 0 Å². The van der Waals surface area contributed by atoms with Crippen molar-refractivity contribution in [3.8, 4) is 11.5 Å². The molecule has 6 nitrogen and oxygen atoms in total. The Bertz CT molecular complexity index is 856. The monoisotopic (exact) mass is 425 g/mol. The van der Waals surface area contributed by atoms with Crippen molar-refractivity contribution in [1.82, 2.24) is 0 Å². The Morgan fingerprint density at radius 3 is 2.46 bits per heavy atom. The minimum absolute atomic E-state index is 0.116. The van der Waals surface area contributed by atoms with Crippen LogP contribution in [0.2, 0.25) is 10.0 Å². The van der Waals surface area contributed by atoms with E-state index in [1.54, 1.807) is 44.6 Å². The first-order valence-corrected chi connectivity index (χ1v) is 9.26. The lowest BCUT2D eigenvalue weighted by molar-refractivity contribution is -0.153. The number of nitrogens with one attached hydrogen (secondary N) is 1. The smallest absolute Gasteiger partial charge is 0.306 e. The van der Waals surface area contributed by atoms with Crippen molar-refractivity contribution in [1.29, 1.82) is 0 Å². The van der Waals surface area contributed by atoms with Gasteiger partial charge in [-0.05, 0) is 43.2 Å². The van der Waals surface area contributed by atoms with E-state index in [-0.39, 0.29) is 11.4 Å². The molecule has 2 aromatic carbocycles. The lowest BCUT2D eigenvalue weighted by Crippen LogP contribution is -2.30. The zero-order valence-corrected chi connectivity index (χ0v) is 17.3. The van der Waals surface area contributed by atoms with E-state index in [4.69, 9.17) is 37.4 Å². The highest BCUT2D eigenvalue weighted by molar-refractivity contribution is 6.44. The molecule has 150 valence electrons. The van der Waals surface area contributed by atoms with Crippen molar-refractivity contribution in [2.45, 2.75) is 25.9 Å². The second-order valence-electron chi connectivity index (χ2n) is 5.91. The van der Waals surface area contributed by atoms with Gasteiger partial charge in [0, 0.05) is 6.42 Å². The normalized spacial score (nSPS) is 11.5. The number of esters is 1. The number of hydrogen-bond acceptors (Lipinski definition) is 5. The Balaban J connectivity index is 1.88. The van der Waals surface area contributed by atoms with Gasteiger partial charge in [0.25, 0.3) is 5.91 Å². The predicted molar refractivity (Wildman–Crippen MR) is 109 cm³/mol. The number of carbonyl (C=O) groups is 2. The van der Waals surface area contributed by atoms with E-state index in [1.165, 1.54) is 6.92 Å². The Hall–Kier alpha value is -2.44. The second-order valence-corrected chi connectivity index (χ2v) is 6.70. The summed E-state index contributed by atoms with van der Waals surface area (Å²) in [7, 11) is 3.10. The Morgan fingerprint density at radius 2 is 1.79 bits per heavy atom. The first kappa shape index (κ1) is 21.9. The number of ether oxygens (including phenoxy) is 3. The van der Waals surface area contributed by atoms with E-state index in [1.807, 2.05) is 6.07 Å². The van der Waals surface area contributed by atoms with Crippen LogP contribution in [0.25, 0.3) is 0 Å². The van der Waals surface area contributed by atoms with Gasteiger partial charge in [-0.25, -0.2) is 0 Å². The number of hydrogen-bond donors (Lipinski definition) is 1. The third-order valence-corrected chi connectivity index (χ3v) is 4.77. The molecule has 0 aromatic heterocycles. The highest BCUT2D eigenvalue weighted by Crippen LogP contribution is 2.30. The van der Waals surface area contributed by atoms with Crippen molar-refractivity contribution in [2.24, 2.45) is 0 Å². The van der Waals surface area contributed by atoms with Gasteiger partial charge in [0.15, 0.2) is 17.6 Å². The molecule has 1 amide bonds. The van der Waals surface area contributed by atoms with Gasteiger partial charge in [-0.15, -0.1) is 0 Å². The molecular weight excluding hydrogens is 405 g/mol. The van der Waals surface area contributed by atoms with E-state index < -0.39 is 18.0 Å². The fourth-order valence-electron chi connectivity index (χ4n) is 2.43. The fraction of sp³-hybridized carbons (Fsp3) is 0.300. The zero-order chi connectivity index (χ0) is 20.7. The molecular formula is C20H21Cl2NO5. The summed E-state index contributed by atoms with van der Waals surface area (Å²) in [6.45, 7) is 1.49. The van der Waals surface area contributed by atoms with E-state index in [2.05, 4.69) is 5.32 Å². The van der Waals surface area contributed by atoms with Crippen molar-refractivity contribution in [3.63, 3.8) is 0 Å². The van der Waals surface area contributed by atoms with Gasteiger partial charge in [-0.3, -0.25) is 9.59 Å². The quantitative estimate of drug-likeness (QED) is 0.629. The molecule has 0 radical (unpaired) electrons. The molecule has 2 aromatic rings. The molecule has 28 heavy (non-hydrogen) atoms. The number of methoxy groups -OCH3 is 2. The molecule has 8 heteroatoms.